The summed E-state index contributed by atoms with van der Waals surface area (Å²) < 4.78 is 1.89. The zero-order chi connectivity index (χ0) is 10.9. The third-order valence-electron chi connectivity index (χ3n) is 2.02. The molecule has 0 atom stereocenters. The highest BCUT2D eigenvalue weighted by atomic mass is 15.0. The van der Waals surface area contributed by atoms with Gasteiger partial charge in [0, 0.05) is 19.4 Å². The number of rotatable bonds is 2. The summed E-state index contributed by atoms with van der Waals surface area (Å²) in [5.74, 6) is 0. The first-order valence-corrected chi connectivity index (χ1v) is 5.28. The largest absolute Gasteiger partial charge is 0.341 e. The van der Waals surface area contributed by atoms with Crippen molar-refractivity contribution in [1.82, 2.24) is 9.55 Å². The lowest BCUT2D eigenvalue weighted by atomic mass is 10.1. The molecule has 2 aromatic rings. The van der Waals surface area contributed by atoms with E-state index in [4.69, 9.17) is 0 Å². The van der Waals surface area contributed by atoms with Crippen LogP contribution < -0.4 is 0 Å². The van der Waals surface area contributed by atoms with E-state index in [1.54, 1.807) is 12.5 Å². The van der Waals surface area contributed by atoms with Crippen molar-refractivity contribution in [3.63, 3.8) is 0 Å². The molecule has 0 bridgehead atoms. The molecule has 0 spiro atoms. The molecule has 0 saturated heterocycles. The highest BCUT2D eigenvalue weighted by Crippen LogP contribution is 2.00. The summed E-state index contributed by atoms with van der Waals surface area (Å²) >= 11 is 0. The summed E-state index contributed by atoms with van der Waals surface area (Å²) in [5.41, 5.74) is 1.44. The number of benzene rings is 1. The first-order valence-electron chi connectivity index (χ1n) is 5.28. The molecule has 1 heterocycles. The van der Waals surface area contributed by atoms with E-state index in [0.717, 1.165) is 0 Å². The van der Waals surface area contributed by atoms with Gasteiger partial charge in [-0.3, -0.25) is 0 Å². The molecule has 0 radical (unpaired) electrons. The normalized spacial score (nSPS) is 9.20. The monoisotopic (exact) mass is 202 g/mol. The lowest BCUT2D eigenvalue weighted by Gasteiger charge is -1.93. The van der Waals surface area contributed by atoms with E-state index in [1.165, 1.54) is 18.4 Å². The second kappa shape index (κ2) is 6.82. The van der Waals surface area contributed by atoms with Crippen molar-refractivity contribution >= 4 is 0 Å². The van der Waals surface area contributed by atoms with E-state index in [9.17, 15) is 0 Å². The second-order valence-electron chi connectivity index (χ2n) is 3.46. The van der Waals surface area contributed by atoms with Crippen LogP contribution in [0.25, 0.3) is 0 Å². The van der Waals surface area contributed by atoms with Gasteiger partial charge in [-0.2, -0.15) is 0 Å². The topological polar surface area (TPSA) is 17.8 Å². The predicted octanol–water partition coefficient (Wildman–Crippen LogP) is 3.06. The Morgan fingerprint density at radius 3 is 2.33 bits per heavy atom. The van der Waals surface area contributed by atoms with Gasteiger partial charge in [-0.15, -0.1) is 0 Å². The van der Waals surface area contributed by atoms with Crippen LogP contribution in [0.5, 0.6) is 0 Å². The summed E-state index contributed by atoms with van der Waals surface area (Å²) in [6, 6.07) is 10.6. The maximum atomic E-state index is 3.78. The highest BCUT2D eigenvalue weighted by Gasteiger charge is 1.84. The fraction of sp³-hybridized carbons (Fsp3) is 0.308. The summed E-state index contributed by atoms with van der Waals surface area (Å²) in [6.45, 7) is 2.20. The molecule has 2 nitrogen and oxygen atoms in total. The van der Waals surface area contributed by atoms with E-state index in [2.05, 4.69) is 42.2 Å². The van der Waals surface area contributed by atoms with Gasteiger partial charge in [0.15, 0.2) is 0 Å². The van der Waals surface area contributed by atoms with Gasteiger partial charge in [0.2, 0.25) is 0 Å². The molecule has 80 valence electrons. The maximum Gasteiger partial charge on any atom is 0.0943 e. The Hall–Kier alpha value is -1.57. The molecule has 0 fully saturated rings. The minimum Gasteiger partial charge on any atom is -0.341 e. The Labute approximate surface area is 91.6 Å². The Morgan fingerprint density at radius 2 is 1.93 bits per heavy atom. The Kier molecular flexibility index (Phi) is 5.23. The van der Waals surface area contributed by atoms with E-state index in [1.807, 2.05) is 17.8 Å². The van der Waals surface area contributed by atoms with Gasteiger partial charge in [-0.1, -0.05) is 43.7 Å². The van der Waals surface area contributed by atoms with E-state index in [-0.39, 0.29) is 0 Å². The molecule has 0 aliphatic carbocycles. The van der Waals surface area contributed by atoms with Crippen molar-refractivity contribution in [1.29, 1.82) is 0 Å². The van der Waals surface area contributed by atoms with Crippen LogP contribution in [0.1, 0.15) is 18.9 Å². The van der Waals surface area contributed by atoms with Crippen LogP contribution in [-0.4, -0.2) is 9.55 Å². The Morgan fingerprint density at radius 1 is 1.20 bits per heavy atom. The van der Waals surface area contributed by atoms with Crippen LogP contribution in [0.2, 0.25) is 0 Å². The number of aromatic nitrogens is 2. The van der Waals surface area contributed by atoms with Gasteiger partial charge in [-0.05, 0) is 12.0 Å². The van der Waals surface area contributed by atoms with Gasteiger partial charge in [0.25, 0.3) is 0 Å². The summed E-state index contributed by atoms with van der Waals surface area (Å²) in [5, 5.41) is 0. The fourth-order valence-corrected chi connectivity index (χ4v) is 1.26. The molecule has 0 N–H and O–H groups in total. The van der Waals surface area contributed by atoms with Crippen LogP contribution >= 0.6 is 0 Å². The molecule has 15 heavy (non-hydrogen) atoms. The third kappa shape index (κ3) is 5.01. The smallest absolute Gasteiger partial charge is 0.0943 e. The summed E-state index contributed by atoms with van der Waals surface area (Å²) in [4.78, 5) is 3.78. The van der Waals surface area contributed by atoms with Crippen molar-refractivity contribution in [2.75, 3.05) is 0 Å². The molecule has 0 amide bonds. The van der Waals surface area contributed by atoms with Crippen molar-refractivity contribution < 1.29 is 0 Å². The fourth-order valence-electron chi connectivity index (χ4n) is 1.26. The van der Waals surface area contributed by atoms with E-state index < -0.39 is 0 Å². The van der Waals surface area contributed by atoms with Crippen LogP contribution in [0.4, 0.5) is 0 Å². The molecule has 2 rings (SSSR count). The molecule has 1 aromatic carbocycles. The standard InChI is InChI=1S/C9H12.C4H6N2/c1-2-6-9-7-4-3-5-8-9;1-6-3-2-5-4-6/h3-5,7-8H,2,6H2,1H3;2-4H,1H3. The molecule has 0 unspecified atom stereocenters. The number of nitrogens with zero attached hydrogens (tertiary/aromatic N) is 2. The number of aryl methyl sites for hydroxylation is 2. The maximum absolute atomic E-state index is 3.78. The molecule has 0 aliphatic rings. The van der Waals surface area contributed by atoms with Gasteiger partial charge in [-0.25, -0.2) is 4.98 Å². The van der Waals surface area contributed by atoms with Gasteiger partial charge < -0.3 is 4.57 Å². The van der Waals surface area contributed by atoms with Gasteiger partial charge in [0.1, 0.15) is 0 Å². The first-order chi connectivity index (χ1) is 7.33. The minimum absolute atomic E-state index is 1.21. The summed E-state index contributed by atoms with van der Waals surface area (Å²) in [6.07, 6.45) is 7.84. The van der Waals surface area contributed by atoms with Crippen LogP contribution in [0, 0.1) is 0 Å². The number of hydrogen-bond acceptors (Lipinski definition) is 1. The van der Waals surface area contributed by atoms with E-state index >= 15 is 0 Å². The lowest BCUT2D eigenvalue weighted by Crippen LogP contribution is -1.78. The average molecular weight is 202 g/mol. The number of imidazole rings is 1. The molecule has 0 saturated carbocycles. The third-order valence-corrected chi connectivity index (χ3v) is 2.02. The molecule has 2 heteroatoms. The van der Waals surface area contributed by atoms with Gasteiger partial charge >= 0.3 is 0 Å². The second-order valence-corrected chi connectivity index (χ2v) is 3.46. The number of hydrogen-bond donors (Lipinski definition) is 0. The molecular weight excluding hydrogens is 184 g/mol. The predicted molar refractivity (Wildman–Crippen MR) is 63.6 cm³/mol. The van der Waals surface area contributed by atoms with E-state index in [0.29, 0.717) is 0 Å². The summed E-state index contributed by atoms with van der Waals surface area (Å²) in [7, 11) is 1.94. The minimum atomic E-state index is 1.21. The Balaban J connectivity index is 0.000000162. The van der Waals surface area contributed by atoms with Gasteiger partial charge in [0.05, 0.1) is 6.33 Å². The lowest BCUT2D eigenvalue weighted by molar-refractivity contribution is 0.913. The zero-order valence-electron chi connectivity index (χ0n) is 9.43. The molecule has 0 aliphatic heterocycles. The van der Waals surface area contributed by atoms with Crippen LogP contribution in [0.3, 0.4) is 0 Å². The zero-order valence-corrected chi connectivity index (χ0v) is 9.43. The molecule has 1 aromatic heterocycles. The average Bonchev–Trinajstić information content (AvgIpc) is 2.72. The van der Waals surface area contributed by atoms with Crippen molar-refractivity contribution in [3.05, 3.63) is 54.6 Å². The molecular formula is C13H18N2. The Bertz CT molecular complexity index is 338. The van der Waals surface area contributed by atoms with Crippen molar-refractivity contribution in [2.45, 2.75) is 19.8 Å². The van der Waals surface area contributed by atoms with Crippen LogP contribution in [0.15, 0.2) is 49.1 Å². The first kappa shape index (κ1) is 11.5. The van der Waals surface area contributed by atoms with Crippen molar-refractivity contribution in [2.24, 2.45) is 7.05 Å². The van der Waals surface area contributed by atoms with Crippen molar-refractivity contribution in [3.8, 4) is 0 Å². The highest BCUT2D eigenvalue weighted by molar-refractivity contribution is 5.14. The van der Waals surface area contributed by atoms with Crippen LogP contribution in [-0.2, 0) is 13.5 Å². The quantitative estimate of drug-likeness (QED) is 0.732. The SMILES string of the molecule is CCCc1ccccc1.Cn1ccnc1.